The van der Waals surface area contributed by atoms with Crippen LogP contribution in [0.4, 0.5) is 20.2 Å². The summed E-state index contributed by atoms with van der Waals surface area (Å²) in [5, 5.41) is 13.4. The van der Waals surface area contributed by atoms with E-state index < -0.39 is 17.4 Å². The zero-order valence-corrected chi connectivity index (χ0v) is 14.9. The number of nitrogens with zero attached hydrogens (tertiary/aromatic N) is 3. The summed E-state index contributed by atoms with van der Waals surface area (Å²) in [7, 11) is 0. The van der Waals surface area contributed by atoms with Gasteiger partial charge in [0.2, 0.25) is 5.91 Å². The van der Waals surface area contributed by atoms with E-state index >= 15 is 0 Å². The third-order valence-electron chi connectivity index (χ3n) is 3.80. The molecule has 0 atom stereocenters. The van der Waals surface area contributed by atoms with E-state index in [1.54, 1.807) is 25.1 Å². The van der Waals surface area contributed by atoms with Crippen molar-refractivity contribution in [2.45, 2.75) is 18.6 Å². The van der Waals surface area contributed by atoms with E-state index in [0.29, 0.717) is 16.8 Å². The standard InChI is InChI=1S/C17H14F2N4O3S/c1-10-6-7-11(23(25)26)8-13(10)20-15(24)9-27-17-21-12-4-2-3-5-14(12)22(17)16(18)19/h2-8,16H,9H2,1H3,(H,20,24). The molecule has 0 aliphatic rings. The molecule has 0 radical (unpaired) electrons. The average molecular weight is 392 g/mol. The largest absolute Gasteiger partial charge is 0.325 e. The molecular formula is C17H14F2N4O3S. The third-order valence-corrected chi connectivity index (χ3v) is 4.75. The van der Waals surface area contributed by atoms with Gasteiger partial charge in [-0.1, -0.05) is 30.0 Å². The number of anilines is 1. The van der Waals surface area contributed by atoms with Gasteiger partial charge in [0.05, 0.1) is 27.4 Å². The van der Waals surface area contributed by atoms with E-state index in [9.17, 15) is 23.7 Å². The topological polar surface area (TPSA) is 90.1 Å². The van der Waals surface area contributed by atoms with Crippen LogP contribution >= 0.6 is 11.8 Å². The fourth-order valence-electron chi connectivity index (χ4n) is 2.49. The van der Waals surface area contributed by atoms with Crippen molar-refractivity contribution in [2.24, 2.45) is 0 Å². The number of nitro benzene ring substituents is 1. The fraction of sp³-hybridized carbons (Fsp3) is 0.176. The first-order chi connectivity index (χ1) is 12.9. The second kappa shape index (κ2) is 7.70. The maximum absolute atomic E-state index is 13.4. The van der Waals surface area contributed by atoms with Crippen LogP contribution in [0.15, 0.2) is 47.6 Å². The maximum Gasteiger partial charge on any atom is 0.321 e. The lowest BCUT2D eigenvalue weighted by atomic mass is 10.2. The number of halogens is 2. The first-order valence-corrected chi connectivity index (χ1v) is 8.78. The van der Waals surface area contributed by atoms with E-state index in [0.717, 1.165) is 16.3 Å². The third kappa shape index (κ3) is 4.05. The zero-order valence-electron chi connectivity index (χ0n) is 14.1. The van der Waals surface area contributed by atoms with Crippen LogP contribution in [0.1, 0.15) is 12.1 Å². The van der Waals surface area contributed by atoms with Crippen LogP contribution in [0, 0.1) is 17.0 Å². The molecule has 3 aromatic rings. The quantitative estimate of drug-likeness (QED) is 0.382. The van der Waals surface area contributed by atoms with Crippen molar-refractivity contribution in [1.82, 2.24) is 9.55 Å². The Morgan fingerprint density at radius 1 is 1.33 bits per heavy atom. The summed E-state index contributed by atoms with van der Waals surface area (Å²) in [5.74, 6) is -0.644. The van der Waals surface area contributed by atoms with Gasteiger partial charge in [0.1, 0.15) is 0 Å². The van der Waals surface area contributed by atoms with Crippen LogP contribution in [-0.4, -0.2) is 26.1 Å². The second-order valence-corrected chi connectivity index (χ2v) is 6.57. The number of aryl methyl sites for hydroxylation is 1. The highest BCUT2D eigenvalue weighted by Crippen LogP contribution is 2.29. The van der Waals surface area contributed by atoms with Gasteiger partial charge in [0.15, 0.2) is 5.16 Å². The van der Waals surface area contributed by atoms with Gasteiger partial charge in [-0.05, 0) is 24.6 Å². The summed E-state index contributed by atoms with van der Waals surface area (Å²) in [4.78, 5) is 26.6. The predicted octanol–water partition coefficient (Wildman–Crippen LogP) is 4.38. The van der Waals surface area contributed by atoms with Crippen molar-refractivity contribution in [1.29, 1.82) is 0 Å². The minimum atomic E-state index is -2.79. The maximum atomic E-state index is 13.4. The molecular weight excluding hydrogens is 378 g/mol. The van der Waals surface area contributed by atoms with Gasteiger partial charge in [-0.25, -0.2) is 4.98 Å². The number of rotatable bonds is 6. The van der Waals surface area contributed by atoms with Crippen molar-refractivity contribution in [2.75, 3.05) is 11.1 Å². The highest BCUT2D eigenvalue weighted by atomic mass is 32.2. The number of non-ortho nitro benzene ring substituents is 1. The lowest BCUT2D eigenvalue weighted by molar-refractivity contribution is -0.384. The summed E-state index contributed by atoms with van der Waals surface area (Å²) in [6.45, 7) is -1.09. The summed E-state index contributed by atoms with van der Waals surface area (Å²) in [5.41, 5.74) is 1.50. The molecule has 3 rings (SSSR count). The summed E-state index contributed by atoms with van der Waals surface area (Å²) in [6, 6.07) is 10.6. The number of fused-ring (bicyclic) bond motifs is 1. The van der Waals surface area contributed by atoms with Crippen molar-refractivity contribution < 1.29 is 18.5 Å². The SMILES string of the molecule is Cc1ccc([N+](=O)[O-])cc1NC(=O)CSc1nc2ccccc2n1C(F)F. The molecule has 0 aliphatic carbocycles. The smallest absolute Gasteiger partial charge is 0.321 e. The van der Waals surface area contributed by atoms with Crippen molar-refractivity contribution >= 4 is 40.1 Å². The number of benzene rings is 2. The second-order valence-electron chi connectivity index (χ2n) is 5.62. The number of nitro groups is 1. The number of amides is 1. The Kier molecular flexibility index (Phi) is 5.36. The monoisotopic (exact) mass is 392 g/mol. The Balaban J connectivity index is 1.75. The highest BCUT2D eigenvalue weighted by Gasteiger charge is 2.19. The fourth-order valence-corrected chi connectivity index (χ4v) is 3.30. The lowest BCUT2D eigenvalue weighted by Gasteiger charge is -2.09. The zero-order chi connectivity index (χ0) is 19.6. The van der Waals surface area contributed by atoms with Crippen LogP contribution in [-0.2, 0) is 4.79 Å². The number of carbonyl (C=O) groups excluding carboxylic acids is 1. The molecule has 1 aromatic heterocycles. The predicted molar refractivity (Wildman–Crippen MR) is 98.2 cm³/mol. The number of carbonyl (C=O) groups is 1. The Morgan fingerprint density at radius 2 is 2.07 bits per heavy atom. The van der Waals surface area contributed by atoms with Gasteiger partial charge in [0.25, 0.3) is 5.69 Å². The first-order valence-electron chi connectivity index (χ1n) is 7.79. The summed E-state index contributed by atoms with van der Waals surface area (Å²) in [6.07, 6.45) is 0. The molecule has 0 saturated heterocycles. The number of hydrogen-bond acceptors (Lipinski definition) is 5. The van der Waals surface area contributed by atoms with Crippen LogP contribution in [0.3, 0.4) is 0 Å². The summed E-state index contributed by atoms with van der Waals surface area (Å²) < 4.78 is 27.5. The molecule has 7 nitrogen and oxygen atoms in total. The van der Waals surface area contributed by atoms with Crippen LogP contribution in [0.2, 0.25) is 0 Å². The van der Waals surface area contributed by atoms with E-state index in [2.05, 4.69) is 10.3 Å². The number of hydrogen-bond donors (Lipinski definition) is 1. The number of nitrogens with one attached hydrogen (secondary N) is 1. The van der Waals surface area contributed by atoms with Crippen molar-refractivity contribution in [3.63, 3.8) is 0 Å². The Morgan fingerprint density at radius 3 is 2.78 bits per heavy atom. The van der Waals surface area contributed by atoms with Gasteiger partial charge >= 0.3 is 6.55 Å². The molecule has 10 heteroatoms. The van der Waals surface area contributed by atoms with Crippen LogP contribution in [0.25, 0.3) is 11.0 Å². The molecule has 0 bridgehead atoms. The minimum Gasteiger partial charge on any atom is -0.325 e. The Bertz CT molecular complexity index is 1020. The molecule has 1 heterocycles. The van der Waals surface area contributed by atoms with Gasteiger partial charge < -0.3 is 5.32 Å². The average Bonchev–Trinajstić information content (AvgIpc) is 3.00. The number of imidazole rings is 1. The lowest BCUT2D eigenvalue weighted by Crippen LogP contribution is -2.15. The van der Waals surface area contributed by atoms with Crippen LogP contribution < -0.4 is 5.32 Å². The minimum absolute atomic E-state index is 0.0251. The van der Waals surface area contributed by atoms with Gasteiger partial charge in [-0.3, -0.25) is 19.5 Å². The Labute approximate surface area is 156 Å². The first kappa shape index (κ1) is 18.8. The van der Waals surface area contributed by atoms with Crippen molar-refractivity contribution in [3.8, 4) is 0 Å². The molecule has 1 N–H and O–H groups in total. The molecule has 27 heavy (non-hydrogen) atoms. The molecule has 0 fully saturated rings. The molecule has 0 saturated carbocycles. The van der Waals surface area contributed by atoms with Crippen LogP contribution in [0.5, 0.6) is 0 Å². The normalized spacial score (nSPS) is 11.1. The number of alkyl halides is 2. The number of para-hydroxylation sites is 2. The van der Waals surface area contributed by atoms with Gasteiger partial charge in [0, 0.05) is 12.1 Å². The Hall–Kier alpha value is -3.01. The summed E-state index contributed by atoms with van der Waals surface area (Å²) >= 11 is 0.871. The van der Waals surface area contributed by atoms with E-state index in [1.165, 1.54) is 24.3 Å². The molecule has 2 aromatic carbocycles. The van der Waals surface area contributed by atoms with E-state index in [1.807, 2.05) is 0 Å². The van der Waals surface area contributed by atoms with Gasteiger partial charge in [-0.15, -0.1) is 0 Å². The van der Waals surface area contributed by atoms with Crippen molar-refractivity contribution in [3.05, 3.63) is 58.1 Å². The van der Waals surface area contributed by atoms with E-state index in [-0.39, 0.29) is 22.1 Å². The molecule has 140 valence electrons. The molecule has 0 spiro atoms. The number of aromatic nitrogens is 2. The molecule has 1 amide bonds. The highest BCUT2D eigenvalue weighted by molar-refractivity contribution is 7.99. The van der Waals surface area contributed by atoms with Gasteiger partial charge in [-0.2, -0.15) is 8.78 Å². The molecule has 0 unspecified atom stereocenters. The molecule has 0 aliphatic heterocycles. The van der Waals surface area contributed by atoms with E-state index in [4.69, 9.17) is 0 Å². The number of thioether (sulfide) groups is 1.